The minimum absolute atomic E-state index is 0.294. The molecule has 2 nitrogen and oxygen atoms in total. The monoisotopic (exact) mass is 203 g/mol. The summed E-state index contributed by atoms with van der Waals surface area (Å²) in [6.07, 6.45) is 8.52. The van der Waals surface area contributed by atoms with E-state index in [1.165, 1.54) is 25.0 Å². The topological polar surface area (TPSA) is 35.2 Å². The number of rotatable bonds is 5. The largest absolute Gasteiger partial charge is 0.377 e. The van der Waals surface area contributed by atoms with Gasteiger partial charge in [-0.05, 0) is 31.3 Å². The number of nitrogens with two attached hydrogens (primary N) is 1. The third-order valence-electron chi connectivity index (χ3n) is 2.58. The van der Waals surface area contributed by atoms with E-state index >= 15 is 0 Å². The molecule has 0 amide bonds. The molecule has 0 heterocycles. The molecule has 78 valence electrons. The van der Waals surface area contributed by atoms with Crippen LogP contribution in [0.25, 0.3) is 0 Å². The molecule has 2 unspecified atom stereocenters. The zero-order chi connectivity index (χ0) is 9.52. The molecule has 0 aromatic rings. The second-order valence-electron chi connectivity index (χ2n) is 3.70. The van der Waals surface area contributed by atoms with Crippen molar-refractivity contribution in [3.05, 3.63) is 0 Å². The first-order valence-corrected chi connectivity index (χ1v) is 6.60. The quantitative estimate of drug-likeness (QED) is 0.694. The summed E-state index contributed by atoms with van der Waals surface area (Å²) >= 11 is 1.88. The highest BCUT2D eigenvalue weighted by Crippen LogP contribution is 2.19. The normalized spacial score (nSPS) is 29.1. The Labute approximate surface area is 85.6 Å². The van der Waals surface area contributed by atoms with Crippen molar-refractivity contribution in [1.29, 1.82) is 0 Å². The fourth-order valence-corrected chi connectivity index (χ4v) is 2.18. The number of hydrogen-bond acceptors (Lipinski definition) is 3. The maximum atomic E-state index is 5.96. The van der Waals surface area contributed by atoms with E-state index in [9.17, 15) is 0 Å². The average molecular weight is 203 g/mol. The molecule has 2 N–H and O–H groups in total. The van der Waals surface area contributed by atoms with Crippen LogP contribution in [0.1, 0.15) is 32.1 Å². The van der Waals surface area contributed by atoms with Crippen LogP contribution in [0.2, 0.25) is 0 Å². The second-order valence-corrected chi connectivity index (χ2v) is 4.69. The fraction of sp³-hybridized carbons (Fsp3) is 1.00. The van der Waals surface area contributed by atoms with Gasteiger partial charge >= 0.3 is 0 Å². The van der Waals surface area contributed by atoms with Crippen molar-refractivity contribution >= 4 is 11.8 Å². The van der Waals surface area contributed by atoms with Crippen LogP contribution < -0.4 is 5.73 Å². The van der Waals surface area contributed by atoms with Crippen LogP contribution in [-0.4, -0.2) is 30.8 Å². The summed E-state index contributed by atoms with van der Waals surface area (Å²) in [6, 6.07) is 0.294. The van der Waals surface area contributed by atoms with Crippen LogP contribution >= 0.6 is 11.8 Å². The molecule has 0 saturated heterocycles. The van der Waals surface area contributed by atoms with Crippen molar-refractivity contribution in [3.8, 4) is 0 Å². The fourth-order valence-electron chi connectivity index (χ4n) is 1.77. The highest BCUT2D eigenvalue weighted by Gasteiger charge is 2.21. The molecule has 1 aliphatic carbocycles. The van der Waals surface area contributed by atoms with Gasteiger partial charge < -0.3 is 10.5 Å². The Kier molecular flexibility index (Phi) is 5.83. The molecule has 0 aromatic carbocycles. The van der Waals surface area contributed by atoms with Gasteiger partial charge in [-0.2, -0.15) is 11.8 Å². The lowest BCUT2D eigenvalue weighted by atomic mass is 9.93. The van der Waals surface area contributed by atoms with Gasteiger partial charge in [-0.25, -0.2) is 0 Å². The predicted molar refractivity (Wildman–Crippen MR) is 59.2 cm³/mol. The van der Waals surface area contributed by atoms with E-state index in [1.54, 1.807) is 0 Å². The second kappa shape index (κ2) is 6.68. The lowest BCUT2D eigenvalue weighted by Gasteiger charge is -2.28. The van der Waals surface area contributed by atoms with Crippen molar-refractivity contribution in [1.82, 2.24) is 0 Å². The van der Waals surface area contributed by atoms with Gasteiger partial charge in [0.05, 0.1) is 6.10 Å². The summed E-state index contributed by atoms with van der Waals surface area (Å²) < 4.78 is 5.76. The predicted octanol–water partition coefficient (Wildman–Crippen LogP) is 2.03. The zero-order valence-corrected chi connectivity index (χ0v) is 9.31. The first-order chi connectivity index (χ1) is 6.34. The molecule has 0 aliphatic heterocycles. The van der Waals surface area contributed by atoms with Crippen LogP contribution in [-0.2, 0) is 4.74 Å². The van der Waals surface area contributed by atoms with Crippen LogP contribution in [0.4, 0.5) is 0 Å². The molecule has 0 aromatic heterocycles. The smallest absolute Gasteiger partial charge is 0.0725 e. The SMILES string of the molecule is CSCCCOC1CCCCC1N. The molecule has 1 rings (SSSR count). The lowest BCUT2D eigenvalue weighted by molar-refractivity contribution is 0.0159. The first kappa shape index (κ1) is 11.3. The molecule has 1 fully saturated rings. The van der Waals surface area contributed by atoms with E-state index in [1.807, 2.05) is 11.8 Å². The van der Waals surface area contributed by atoms with Gasteiger partial charge in [-0.1, -0.05) is 12.8 Å². The van der Waals surface area contributed by atoms with Gasteiger partial charge in [0.25, 0.3) is 0 Å². The average Bonchev–Trinajstić information content (AvgIpc) is 2.15. The van der Waals surface area contributed by atoms with E-state index < -0.39 is 0 Å². The third-order valence-corrected chi connectivity index (χ3v) is 3.28. The first-order valence-electron chi connectivity index (χ1n) is 5.20. The molecule has 0 radical (unpaired) electrons. The zero-order valence-electron chi connectivity index (χ0n) is 8.50. The van der Waals surface area contributed by atoms with Gasteiger partial charge in [0.15, 0.2) is 0 Å². The molecular weight excluding hydrogens is 182 g/mol. The van der Waals surface area contributed by atoms with E-state index in [0.29, 0.717) is 12.1 Å². The van der Waals surface area contributed by atoms with Gasteiger partial charge in [0, 0.05) is 12.6 Å². The Balaban J connectivity index is 2.05. The van der Waals surface area contributed by atoms with Crippen molar-refractivity contribution in [2.24, 2.45) is 5.73 Å². The number of thioether (sulfide) groups is 1. The Bertz CT molecular complexity index is 132. The summed E-state index contributed by atoms with van der Waals surface area (Å²) in [6.45, 7) is 0.888. The van der Waals surface area contributed by atoms with Crippen LogP contribution in [0.15, 0.2) is 0 Å². The minimum atomic E-state index is 0.294. The van der Waals surface area contributed by atoms with E-state index in [-0.39, 0.29) is 0 Å². The van der Waals surface area contributed by atoms with Gasteiger partial charge in [-0.3, -0.25) is 0 Å². The van der Waals surface area contributed by atoms with Crippen molar-refractivity contribution in [2.45, 2.75) is 44.2 Å². The number of hydrogen-bond donors (Lipinski definition) is 1. The van der Waals surface area contributed by atoms with E-state index in [2.05, 4.69) is 6.26 Å². The standard InChI is InChI=1S/C10H21NOS/c1-13-8-4-7-12-10-6-3-2-5-9(10)11/h9-10H,2-8,11H2,1H3. The van der Waals surface area contributed by atoms with Gasteiger partial charge in [-0.15, -0.1) is 0 Å². The molecule has 1 saturated carbocycles. The maximum Gasteiger partial charge on any atom is 0.0725 e. The molecule has 13 heavy (non-hydrogen) atoms. The van der Waals surface area contributed by atoms with E-state index in [0.717, 1.165) is 19.4 Å². The molecule has 0 spiro atoms. The summed E-state index contributed by atoms with van der Waals surface area (Å²) in [5.41, 5.74) is 5.96. The Morgan fingerprint density at radius 2 is 2.15 bits per heavy atom. The molecule has 0 bridgehead atoms. The van der Waals surface area contributed by atoms with Crippen LogP contribution in [0.5, 0.6) is 0 Å². The summed E-state index contributed by atoms with van der Waals surface area (Å²) in [7, 11) is 0. The van der Waals surface area contributed by atoms with E-state index in [4.69, 9.17) is 10.5 Å². The Morgan fingerprint density at radius 3 is 2.85 bits per heavy atom. The lowest BCUT2D eigenvalue weighted by Crippen LogP contribution is -2.39. The summed E-state index contributed by atoms with van der Waals surface area (Å²) in [4.78, 5) is 0. The van der Waals surface area contributed by atoms with Crippen LogP contribution in [0, 0.1) is 0 Å². The van der Waals surface area contributed by atoms with Crippen molar-refractivity contribution < 1.29 is 4.74 Å². The van der Waals surface area contributed by atoms with Crippen molar-refractivity contribution in [2.75, 3.05) is 18.6 Å². The number of ether oxygens (including phenoxy) is 1. The highest BCUT2D eigenvalue weighted by molar-refractivity contribution is 7.98. The van der Waals surface area contributed by atoms with Crippen molar-refractivity contribution in [3.63, 3.8) is 0 Å². The summed E-state index contributed by atoms with van der Waals surface area (Å²) in [5, 5.41) is 0. The van der Waals surface area contributed by atoms with Gasteiger partial charge in [0.2, 0.25) is 0 Å². The molecule has 2 atom stereocenters. The minimum Gasteiger partial charge on any atom is -0.377 e. The molecule has 1 aliphatic rings. The molecular formula is C10H21NOS. The van der Waals surface area contributed by atoms with Crippen LogP contribution in [0.3, 0.4) is 0 Å². The third kappa shape index (κ3) is 4.34. The highest BCUT2D eigenvalue weighted by atomic mass is 32.2. The maximum absolute atomic E-state index is 5.96. The summed E-state index contributed by atoms with van der Waals surface area (Å²) in [5.74, 6) is 1.20. The Morgan fingerprint density at radius 1 is 1.38 bits per heavy atom. The Hall–Kier alpha value is 0.270. The van der Waals surface area contributed by atoms with Gasteiger partial charge in [0.1, 0.15) is 0 Å². The molecule has 3 heteroatoms.